The Balaban J connectivity index is 1.61. The second kappa shape index (κ2) is 10.8. The number of anilines is 1. The van der Waals surface area contributed by atoms with Crippen molar-refractivity contribution in [3.05, 3.63) is 94.4 Å². The fraction of sp³-hybridized carbons (Fsp3) is 0.0800. The maximum Gasteiger partial charge on any atom is 0.335 e. The molecule has 1 aliphatic heterocycles. The van der Waals surface area contributed by atoms with Gasteiger partial charge in [0.15, 0.2) is 0 Å². The summed E-state index contributed by atoms with van der Waals surface area (Å²) in [5.74, 6) is -0.863. The molecule has 0 aromatic heterocycles. The van der Waals surface area contributed by atoms with Crippen LogP contribution in [0.15, 0.2) is 69.1 Å². The summed E-state index contributed by atoms with van der Waals surface area (Å²) in [5, 5.41) is 2.63. The van der Waals surface area contributed by atoms with Crippen LogP contribution in [0.25, 0.3) is 6.08 Å². The van der Waals surface area contributed by atoms with Crippen molar-refractivity contribution in [2.24, 2.45) is 0 Å². The van der Waals surface area contributed by atoms with E-state index in [4.69, 9.17) is 16.3 Å². The first-order valence-corrected chi connectivity index (χ1v) is 13.2. The van der Waals surface area contributed by atoms with Gasteiger partial charge in [-0.3, -0.25) is 14.9 Å². The number of nitrogens with one attached hydrogen (secondary N) is 1. The van der Waals surface area contributed by atoms with Gasteiger partial charge in [-0.1, -0.05) is 45.7 Å². The Bertz CT molecular complexity index is 1370. The van der Waals surface area contributed by atoms with Gasteiger partial charge in [-0.15, -0.1) is 0 Å². The monoisotopic (exact) mass is 728 g/mol. The summed E-state index contributed by atoms with van der Waals surface area (Å²) in [7, 11) is 0. The number of nitrogens with zero attached hydrogens (tertiary/aromatic N) is 1. The van der Waals surface area contributed by atoms with Crippen LogP contribution in [0.3, 0.4) is 0 Å². The van der Waals surface area contributed by atoms with Crippen LogP contribution in [0.4, 0.5) is 10.5 Å². The molecule has 1 heterocycles. The highest BCUT2D eigenvalue weighted by Crippen LogP contribution is 2.34. The van der Waals surface area contributed by atoms with Gasteiger partial charge in [0.05, 0.1) is 13.7 Å². The zero-order chi connectivity index (χ0) is 25.3. The summed E-state index contributed by atoms with van der Waals surface area (Å²) in [6.07, 6.45) is 1.44. The van der Waals surface area contributed by atoms with Crippen LogP contribution in [0.1, 0.15) is 16.7 Å². The van der Waals surface area contributed by atoms with Crippen LogP contribution in [-0.4, -0.2) is 17.8 Å². The van der Waals surface area contributed by atoms with Crippen LogP contribution in [0, 0.1) is 10.5 Å². The number of benzene rings is 3. The average molecular weight is 731 g/mol. The first-order chi connectivity index (χ1) is 16.6. The van der Waals surface area contributed by atoms with Gasteiger partial charge in [-0.2, -0.15) is 0 Å². The maximum absolute atomic E-state index is 13.2. The lowest BCUT2D eigenvalue weighted by atomic mass is 10.1. The van der Waals surface area contributed by atoms with Gasteiger partial charge in [0.1, 0.15) is 17.9 Å². The second-order valence-electron chi connectivity index (χ2n) is 7.62. The van der Waals surface area contributed by atoms with Crippen molar-refractivity contribution in [3.8, 4) is 5.75 Å². The first-order valence-electron chi connectivity index (χ1n) is 10.2. The maximum atomic E-state index is 13.2. The van der Waals surface area contributed by atoms with Crippen LogP contribution >= 0.6 is 66.1 Å². The van der Waals surface area contributed by atoms with Gasteiger partial charge in [0, 0.05) is 9.50 Å². The number of halogens is 4. The predicted octanol–water partition coefficient (Wildman–Crippen LogP) is 7.02. The molecule has 4 rings (SSSR count). The summed E-state index contributed by atoms with van der Waals surface area (Å²) in [4.78, 5) is 39.0. The second-order valence-corrected chi connectivity index (χ2v) is 11.0. The number of aryl methyl sites for hydroxylation is 1. The molecule has 0 bridgehead atoms. The summed E-state index contributed by atoms with van der Waals surface area (Å²) >= 11 is 15.2. The molecule has 0 radical (unpaired) electrons. The zero-order valence-electron chi connectivity index (χ0n) is 18.1. The molecule has 4 amide bonds. The number of barbiturate groups is 1. The van der Waals surface area contributed by atoms with Crippen molar-refractivity contribution < 1.29 is 19.1 Å². The minimum Gasteiger partial charge on any atom is -0.487 e. The first kappa shape index (κ1) is 25.9. The van der Waals surface area contributed by atoms with E-state index in [0.717, 1.165) is 24.1 Å². The Kier molecular flexibility index (Phi) is 7.99. The molecular formula is C25H16Br2ClIN2O4. The summed E-state index contributed by atoms with van der Waals surface area (Å²) in [6.45, 7) is 2.18. The van der Waals surface area contributed by atoms with Crippen molar-refractivity contribution in [2.45, 2.75) is 13.5 Å². The molecule has 6 nitrogen and oxygen atoms in total. The Morgan fingerprint density at radius 1 is 1.06 bits per heavy atom. The van der Waals surface area contributed by atoms with Gasteiger partial charge >= 0.3 is 6.03 Å². The van der Waals surface area contributed by atoms with Gasteiger partial charge in [0.25, 0.3) is 11.8 Å². The van der Waals surface area contributed by atoms with E-state index < -0.39 is 17.8 Å². The number of ether oxygens (including phenoxy) is 1. The van der Waals surface area contributed by atoms with Crippen molar-refractivity contribution in [1.29, 1.82) is 0 Å². The molecule has 1 saturated heterocycles. The van der Waals surface area contributed by atoms with E-state index in [0.29, 0.717) is 27.4 Å². The summed E-state index contributed by atoms with van der Waals surface area (Å²) in [5.41, 5.74) is 2.50. The van der Waals surface area contributed by atoms with Crippen molar-refractivity contribution in [1.82, 2.24) is 5.32 Å². The highest BCUT2D eigenvalue weighted by atomic mass is 127. The SMILES string of the molecule is Cc1ccc(N2C(=O)NC(=O)/C(=C/c3cc(Br)c(OCc4ccc(Br)cc4)c(I)c3)C2=O)cc1Cl. The normalized spacial score (nSPS) is 14.9. The highest BCUT2D eigenvalue weighted by molar-refractivity contribution is 14.1. The van der Waals surface area contributed by atoms with E-state index in [1.54, 1.807) is 24.3 Å². The molecule has 3 aromatic carbocycles. The van der Waals surface area contributed by atoms with Gasteiger partial charge < -0.3 is 4.74 Å². The van der Waals surface area contributed by atoms with Crippen LogP contribution in [0.5, 0.6) is 5.75 Å². The molecule has 0 unspecified atom stereocenters. The van der Waals surface area contributed by atoms with Gasteiger partial charge in [-0.05, 0) is 105 Å². The van der Waals surface area contributed by atoms with E-state index in [2.05, 4.69) is 59.8 Å². The highest BCUT2D eigenvalue weighted by Gasteiger charge is 2.37. The average Bonchev–Trinajstić information content (AvgIpc) is 2.79. The number of amides is 4. The van der Waals surface area contributed by atoms with E-state index in [-0.39, 0.29) is 11.3 Å². The number of carbonyl (C=O) groups is 3. The van der Waals surface area contributed by atoms with Crippen molar-refractivity contribution in [2.75, 3.05) is 4.90 Å². The Labute approximate surface area is 237 Å². The molecule has 35 heavy (non-hydrogen) atoms. The third kappa shape index (κ3) is 5.79. The molecule has 0 saturated carbocycles. The third-order valence-corrected chi connectivity index (χ3v) is 7.47. The van der Waals surface area contributed by atoms with Crippen molar-refractivity contribution >= 4 is 95.7 Å². The molecule has 0 atom stereocenters. The number of hydrogen-bond donors (Lipinski definition) is 1. The lowest BCUT2D eigenvalue weighted by molar-refractivity contribution is -0.122. The van der Waals surface area contributed by atoms with Crippen LogP contribution < -0.4 is 15.0 Å². The van der Waals surface area contributed by atoms with E-state index in [1.807, 2.05) is 31.2 Å². The fourth-order valence-electron chi connectivity index (χ4n) is 3.32. The Morgan fingerprint density at radius 3 is 2.43 bits per heavy atom. The molecule has 1 N–H and O–H groups in total. The van der Waals surface area contributed by atoms with E-state index in [9.17, 15) is 14.4 Å². The number of imide groups is 2. The number of hydrogen-bond acceptors (Lipinski definition) is 4. The molecule has 1 fully saturated rings. The van der Waals surface area contributed by atoms with Crippen molar-refractivity contribution in [3.63, 3.8) is 0 Å². The molecule has 3 aromatic rings. The standard InChI is InChI=1S/C25H16Br2ClIN2O4/c1-13-2-7-17(11-20(13)28)31-24(33)18(23(32)30-25(31)34)8-15-9-19(27)22(21(29)10-15)35-12-14-3-5-16(26)6-4-14/h2-11H,12H2,1H3,(H,30,32,34)/b18-8-. The van der Waals surface area contributed by atoms with Crippen LogP contribution in [0.2, 0.25) is 5.02 Å². The molecule has 1 aliphatic rings. The molecular weight excluding hydrogens is 714 g/mol. The molecule has 0 spiro atoms. The lowest BCUT2D eigenvalue weighted by Crippen LogP contribution is -2.54. The smallest absolute Gasteiger partial charge is 0.335 e. The minimum atomic E-state index is -0.829. The molecule has 178 valence electrons. The lowest BCUT2D eigenvalue weighted by Gasteiger charge is -2.26. The minimum absolute atomic E-state index is 0.174. The van der Waals surface area contributed by atoms with Gasteiger partial charge in [0.2, 0.25) is 0 Å². The fourth-order valence-corrected chi connectivity index (χ4v) is 5.52. The molecule has 0 aliphatic carbocycles. The van der Waals surface area contributed by atoms with Gasteiger partial charge in [-0.25, -0.2) is 9.69 Å². The quantitative estimate of drug-likeness (QED) is 0.174. The number of urea groups is 1. The van der Waals surface area contributed by atoms with E-state index in [1.165, 1.54) is 12.1 Å². The van der Waals surface area contributed by atoms with E-state index >= 15 is 0 Å². The van der Waals surface area contributed by atoms with Crippen LogP contribution in [-0.2, 0) is 16.2 Å². The third-order valence-electron chi connectivity index (χ3n) is 5.14. The number of rotatable bonds is 5. The number of carbonyl (C=O) groups excluding carboxylic acids is 3. The Morgan fingerprint density at radius 2 is 1.77 bits per heavy atom. The molecule has 10 heteroatoms. The predicted molar refractivity (Wildman–Crippen MR) is 151 cm³/mol. The largest absolute Gasteiger partial charge is 0.487 e. The summed E-state index contributed by atoms with van der Waals surface area (Å²) in [6, 6.07) is 15.3. The Hall–Kier alpha value is -2.21. The topological polar surface area (TPSA) is 75.7 Å². The summed E-state index contributed by atoms with van der Waals surface area (Å²) < 4.78 is 8.42. The zero-order valence-corrected chi connectivity index (χ0v) is 24.2.